The molecule has 0 aliphatic carbocycles. The van der Waals surface area contributed by atoms with Gasteiger partial charge in [-0.1, -0.05) is 65.2 Å². The average Bonchev–Trinajstić information content (AvgIpc) is 3.52. The Morgan fingerprint density at radius 2 is 1.82 bits per heavy atom. The highest BCUT2D eigenvalue weighted by Gasteiger charge is 2.43. The van der Waals surface area contributed by atoms with Crippen molar-refractivity contribution in [2.75, 3.05) is 6.79 Å². The molecule has 0 saturated heterocycles. The summed E-state index contributed by atoms with van der Waals surface area (Å²) >= 11 is 12.8. The van der Waals surface area contributed by atoms with Crippen LogP contribution in [0.4, 0.5) is 0 Å². The minimum atomic E-state index is -0.437. The van der Waals surface area contributed by atoms with E-state index in [0.717, 1.165) is 33.5 Å². The van der Waals surface area contributed by atoms with Gasteiger partial charge in [-0.3, -0.25) is 9.89 Å². The molecule has 1 N–H and O–H groups in total. The monoisotopic (exact) mass is 491 g/mol. The predicted octanol–water partition coefficient (Wildman–Crippen LogP) is 6.17. The number of nitrogens with zero attached hydrogens (tertiary/aromatic N) is 2. The van der Waals surface area contributed by atoms with Crippen molar-refractivity contribution in [3.05, 3.63) is 98.7 Å². The van der Waals surface area contributed by atoms with Crippen molar-refractivity contribution in [1.29, 1.82) is 0 Å². The minimum Gasteiger partial charge on any atom is -0.454 e. The van der Waals surface area contributed by atoms with Crippen molar-refractivity contribution in [2.45, 2.75) is 19.5 Å². The summed E-state index contributed by atoms with van der Waals surface area (Å²) in [4.78, 5) is 15.4. The summed E-state index contributed by atoms with van der Waals surface area (Å²) in [6, 6.07) is 18.7. The number of aromatic amines is 1. The van der Waals surface area contributed by atoms with E-state index in [1.54, 1.807) is 17.0 Å². The summed E-state index contributed by atoms with van der Waals surface area (Å²) in [5.41, 5.74) is 5.78. The smallest absolute Gasteiger partial charge is 0.273 e. The zero-order chi connectivity index (χ0) is 23.4. The second-order valence-corrected chi connectivity index (χ2v) is 9.26. The van der Waals surface area contributed by atoms with Gasteiger partial charge < -0.3 is 14.4 Å². The summed E-state index contributed by atoms with van der Waals surface area (Å²) in [7, 11) is 0. The number of ether oxygens (including phenoxy) is 2. The van der Waals surface area contributed by atoms with Gasteiger partial charge in [0.15, 0.2) is 11.5 Å². The van der Waals surface area contributed by atoms with Crippen molar-refractivity contribution in [3.8, 4) is 22.8 Å². The molecular formula is C26H19Cl2N3O3. The van der Waals surface area contributed by atoms with Gasteiger partial charge in [0.25, 0.3) is 5.91 Å². The molecule has 3 aromatic carbocycles. The van der Waals surface area contributed by atoms with E-state index >= 15 is 0 Å². The van der Waals surface area contributed by atoms with E-state index in [1.807, 2.05) is 55.5 Å². The molecule has 0 radical (unpaired) electrons. The van der Waals surface area contributed by atoms with E-state index in [4.69, 9.17) is 32.7 Å². The first-order chi connectivity index (χ1) is 16.5. The largest absolute Gasteiger partial charge is 0.454 e. The van der Waals surface area contributed by atoms with E-state index in [9.17, 15) is 4.79 Å². The molecule has 4 aromatic rings. The lowest BCUT2D eigenvalue weighted by atomic mass is 9.95. The van der Waals surface area contributed by atoms with Gasteiger partial charge in [0, 0.05) is 27.7 Å². The molecule has 1 amide bonds. The molecule has 0 bridgehead atoms. The number of rotatable bonds is 4. The second-order valence-electron chi connectivity index (χ2n) is 8.42. The Morgan fingerprint density at radius 3 is 2.62 bits per heavy atom. The van der Waals surface area contributed by atoms with Crippen LogP contribution < -0.4 is 9.47 Å². The number of hydrogen-bond acceptors (Lipinski definition) is 4. The first-order valence-corrected chi connectivity index (χ1v) is 11.5. The molecule has 34 heavy (non-hydrogen) atoms. The average molecular weight is 492 g/mol. The Labute approximate surface area is 206 Å². The molecule has 0 saturated carbocycles. The third-order valence-electron chi connectivity index (χ3n) is 6.24. The predicted molar refractivity (Wildman–Crippen MR) is 130 cm³/mol. The lowest BCUT2D eigenvalue weighted by Crippen LogP contribution is -2.29. The Bertz CT molecular complexity index is 1430. The number of fused-ring (bicyclic) bond motifs is 2. The molecule has 0 fully saturated rings. The number of nitrogens with one attached hydrogen (secondary N) is 1. The lowest BCUT2D eigenvalue weighted by molar-refractivity contribution is 0.0730. The highest BCUT2D eigenvalue weighted by atomic mass is 35.5. The number of carbonyl (C=O) groups is 1. The number of amides is 1. The van der Waals surface area contributed by atoms with Crippen molar-refractivity contribution in [2.24, 2.45) is 0 Å². The molecular weight excluding hydrogens is 473 g/mol. The van der Waals surface area contributed by atoms with Gasteiger partial charge in [0.1, 0.15) is 5.69 Å². The summed E-state index contributed by atoms with van der Waals surface area (Å²) in [5, 5.41) is 8.53. The molecule has 1 unspecified atom stereocenters. The number of aromatic nitrogens is 2. The van der Waals surface area contributed by atoms with Gasteiger partial charge in [-0.15, -0.1) is 0 Å². The summed E-state index contributed by atoms with van der Waals surface area (Å²) in [5.74, 6) is 1.23. The Morgan fingerprint density at radius 1 is 1.03 bits per heavy atom. The van der Waals surface area contributed by atoms with Gasteiger partial charge in [-0.05, 0) is 42.3 Å². The van der Waals surface area contributed by atoms with Crippen LogP contribution in [0.3, 0.4) is 0 Å². The molecule has 1 aromatic heterocycles. The van der Waals surface area contributed by atoms with Crippen LogP contribution in [0, 0.1) is 6.92 Å². The van der Waals surface area contributed by atoms with Gasteiger partial charge in [-0.2, -0.15) is 5.10 Å². The normalized spacial score (nSPS) is 16.3. The molecule has 3 heterocycles. The second kappa shape index (κ2) is 8.08. The molecule has 2 aliphatic rings. The number of aryl methyl sites for hydroxylation is 1. The van der Waals surface area contributed by atoms with E-state index in [2.05, 4.69) is 10.2 Å². The molecule has 170 valence electrons. The quantitative estimate of drug-likeness (QED) is 0.370. The topological polar surface area (TPSA) is 67.5 Å². The summed E-state index contributed by atoms with van der Waals surface area (Å²) < 4.78 is 11.0. The fraction of sp³-hybridized carbons (Fsp3) is 0.154. The molecule has 6 nitrogen and oxygen atoms in total. The Kier molecular flexibility index (Phi) is 5.01. The fourth-order valence-corrected chi connectivity index (χ4v) is 5.09. The van der Waals surface area contributed by atoms with E-state index in [0.29, 0.717) is 33.8 Å². The molecule has 8 heteroatoms. The van der Waals surface area contributed by atoms with Gasteiger partial charge >= 0.3 is 0 Å². The van der Waals surface area contributed by atoms with Crippen molar-refractivity contribution in [3.63, 3.8) is 0 Å². The number of hydrogen-bond donors (Lipinski definition) is 1. The van der Waals surface area contributed by atoms with Crippen LogP contribution in [-0.4, -0.2) is 27.8 Å². The Balaban J connectivity index is 1.48. The fourth-order valence-electron chi connectivity index (χ4n) is 4.57. The Hall–Kier alpha value is -3.48. The number of carbonyl (C=O) groups excluding carboxylic acids is 1. The molecule has 6 rings (SSSR count). The summed E-state index contributed by atoms with van der Waals surface area (Å²) in [6.45, 7) is 2.58. The van der Waals surface area contributed by atoms with Crippen molar-refractivity contribution in [1.82, 2.24) is 15.1 Å². The first-order valence-electron chi connectivity index (χ1n) is 10.8. The highest BCUT2D eigenvalue weighted by Crippen LogP contribution is 2.46. The van der Waals surface area contributed by atoms with E-state index in [-0.39, 0.29) is 12.7 Å². The standard InChI is InChI=1S/C26H19Cl2N3O3/c1-14-2-5-16(6-3-14)23-22-24(30-29-23)26(32)31(25(22)18-8-7-17(27)11-19(18)28)12-15-4-9-20-21(10-15)34-13-33-20/h2-11,25H,12-13H2,1H3,(H,29,30). The van der Waals surface area contributed by atoms with Crippen LogP contribution in [0.15, 0.2) is 60.7 Å². The maximum Gasteiger partial charge on any atom is 0.273 e. The third kappa shape index (κ3) is 3.42. The molecule has 0 spiro atoms. The van der Waals surface area contributed by atoms with Crippen LogP contribution in [-0.2, 0) is 6.54 Å². The SMILES string of the molecule is Cc1ccc(-c2n[nH]c3c2C(c2ccc(Cl)cc2Cl)N(Cc2ccc4c(c2)OCO4)C3=O)cc1. The molecule has 1 atom stereocenters. The van der Waals surface area contributed by atoms with Gasteiger partial charge in [0.05, 0.1) is 11.7 Å². The maximum absolute atomic E-state index is 13.6. The molecule has 2 aliphatic heterocycles. The van der Waals surface area contributed by atoms with Crippen LogP contribution in [0.5, 0.6) is 11.5 Å². The highest BCUT2D eigenvalue weighted by molar-refractivity contribution is 6.35. The maximum atomic E-state index is 13.6. The minimum absolute atomic E-state index is 0.144. The number of benzene rings is 3. The zero-order valence-electron chi connectivity index (χ0n) is 18.1. The van der Waals surface area contributed by atoms with E-state index < -0.39 is 6.04 Å². The summed E-state index contributed by atoms with van der Waals surface area (Å²) in [6.07, 6.45) is 0. The van der Waals surface area contributed by atoms with Gasteiger partial charge in [-0.25, -0.2) is 0 Å². The zero-order valence-corrected chi connectivity index (χ0v) is 19.7. The van der Waals surface area contributed by atoms with Crippen molar-refractivity contribution >= 4 is 29.1 Å². The third-order valence-corrected chi connectivity index (χ3v) is 6.80. The van der Waals surface area contributed by atoms with E-state index in [1.165, 1.54) is 0 Å². The van der Waals surface area contributed by atoms with Crippen LogP contribution >= 0.6 is 23.2 Å². The lowest BCUT2D eigenvalue weighted by Gasteiger charge is -2.27. The number of halogens is 2. The van der Waals surface area contributed by atoms with Crippen LogP contribution in [0.25, 0.3) is 11.3 Å². The van der Waals surface area contributed by atoms with Crippen LogP contribution in [0.1, 0.15) is 38.8 Å². The van der Waals surface area contributed by atoms with Crippen LogP contribution in [0.2, 0.25) is 10.0 Å². The van der Waals surface area contributed by atoms with Crippen molar-refractivity contribution < 1.29 is 14.3 Å². The first kappa shape index (κ1) is 21.1. The van der Waals surface area contributed by atoms with Gasteiger partial charge in [0.2, 0.25) is 6.79 Å². The number of H-pyrrole nitrogens is 1.